The molecule has 3 amide bonds. The molecule has 174 valence electrons. The Labute approximate surface area is 186 Å². The van der Waals surface area contributed by atoms with Gasteiger partial charge in [0.05, 0.1) is 6.04 Å². The predicted molar refractivity (Wildman–Crippen MR) is 126 cm³/mol. The SMILES string of the molecule is CCc1ccc(NC(=O)[C@H](CCCNC(N)=O)CC(=O)[C@@H](NC(C)(C)C)C(C)C)cc1. The average Bonchev–Trinajstić information content (AvgIpc) is 2.67. The summed E-state index contributed by atoms with van der Waals surface area (Å²) in [5.74, 6) is -0.547. The van der Waals surface area contributed by atoms with Crippen molar-refractivity contribution in [3.05, 3.63) is 29.8 Å². The number of benzene rings is 1. The second-order valence-corrected chi connectivity index (χ2v) is 9.46. The molecule has 0 spiro atoms. The number of anilines is 1. The summed E-state index contributed by atoms with van der Waals surface area (Å²) in [6, 6.07) is 6.79. The number of hydrogen-bond acceptors (Lipinski definition) is 4. The van der Waals surface area contributed by atoms with Crippen LogP contribution >= 0.6 is 0 Å². The molecular formula is C24H40N4O3. The Kier molecular flexibility index (Phi) is 10.7. The van der Waals surface area contributed by atoms with Gasteiger partial charge in [-0.05, 0) is 63.6 Å². The van der Waals surface area contributed by atoms with Crippen LogP contribution in [0.4, 0.5) is 10.5 Å². The van der Waals surface area contributed by atoms with Gasteiger partial charge in [-0.15, -0.1) is 0 Å². The van der Waals surface area contributed by atoms with E-state index in [9.17, 15) is 14.4 Å². The van der Waals surface area contributed by atoms with Crippen LogP contribution in [-0.4, -0.2) is 35.8 Å². The summed E-state index contributed by atoms with van der Waals surface area (Å²) >= 11 is 0. The number of aryl methyl sites for hydroxylation is 1. The number of amides is 3. The van der Waals surface area contributed by atoms with Gasteiger partial charge in [-0.1, -0.05) is 32.9 Å². The number of urea groups is 1. The van der Waals surface area contributed by atoms with Crippen molar-refractivity contribution in [2.45, 2.75) is 78.8 Å². The van der Waals surface area contributed by atoms with Crippen LogP contribution in [0.5, 0.6) is 0 Å². The normalized spacial score (nSPS) is 13.5. The van der Waals surface area contributed by atoms with Gasteiger partial charge in [-0.3, -0.25) is 9.59 Å². The van der Waals surface area contributed by atoms with E-state index in [1.165, 1.54) is 5.56 Å². The number of nitrogens with two attached hydrogens (primary N) is 1. The Balaban J connectivity index is 2.90. The largest absolute Gasteiger partial charge is 0.352 e. The Morgan fingerprint density at radius 2 is 1.68 bits per heavy atom. The van der Waals surface area contributed by atoms with Crippen LogP contribution in [0.2, 0.25) is 0 Å². The molecule has 2 atom stereocenters. The lowest BCUT2D eigenvalue weighted by Crippen LogP contribution is -2.51. The Bertz CT molecular complexity index is 723. The van der Waals surface area contributed by atoms with Crippen molar-refractivity contribution in [3.63, 3.8) is 0 Å². The molecule has 0 saturated carbocycles. The molecule has 0 aromatic heterocycles. The summed E-state index contributed by atoms with van der Waals surface area (Å²) in [5.41, 5.74) is 6.80. The highest BCUT2D eigenvalue weighted by molar-refractivity contribution is 5.96. The fourth-order valence-electron chi connectivity index (χ4n) is 3.41. The van der Waals surface area contributed by atoms with E-state index in [0.717, 1.165) is 6.42 Å². The first-order valence-electron chi connectivity index (χ1n) is 11.2. The lowest BCUT2D eigenvalue weighted by Gasteiger charge is -2.31. The first-order valence-corrected chi connectivity index (χ1v) is 11.2. The van der Waals surface area contributed by atoms with Crippen LogP contribution in [-0.2, 0) is 16.0 Å². The van der Waals surface area contributed by atoms with Crippen molar-refractivity contribution in [3.8, 4) is 0 Å². The summed E-state index contributed by atoms with van der Waals surface area (Å²) in [6.45, 7) is 12.5. The van der Waals surface area contributed by atoms with E-state index in [4.69, 9.17) is 5.73 Å². The summed E-state index contributed by atoms with van der Waals surface area (Å²) in [5, 5.41) is 8.87. The Morgan fingerprint density at radius 1 is 1.06 bits per heavy atom. The van der Waals surface area contributed by atoms with Crippen LogP contribution in [0.25, 0.3) is 0 Å². The fraction of sp³-hybridized carbons (Fsp3) is 0.625. The number of nitrogens with one attached hydrogen (secondary N) is 3. The van der Waals surface area contributed by atoms with Crippen molar-refractivity contribution >= 4 is 23.4 Å². The summed E-state index contributed by atoms with van der Waals surface area (Å²) in [4.78, 5) is 37.1. The molecule has 0 aliphatic heterocycles. The van der Waals surface area contributed by atoms with Crippen molar-refractivity contribution in [2.75, 3.05) is 11.9 Å². The number of primary amides is 1. The van der Waals surface area contributed by atoms with Gasteiger partial charge in [0.2, 0.25) is 5.91 Å². The second-order valence-electron chi connectivity index (χ2n) is 9.46. The van der Waals surface area contributed by atoms with Gasteiger partial charge in [-0.2, -0.15) is 0 Å². The number of Topliss-reactive ketones (excluding diaryl/α,β-unsaturated/α-hetero) is 1. The molecule has 0 fully saturated rings. The number of carbonyl (C=O) groups is 3. The molecule has 31 heavy (non-hydrogen) atoms. The van der Waals surface area contributed by atoms with Crippen LogP contribution in [0.1, 0.15) is 66.4 Å². The fourth-order valence-corrected chi connectivity index (χ4v) is 3.41. The molecule has 0 saturated heterocycles. The maximum Gasteiger partial charge on any atom is 0.312 e. The number of ketones is 1. The molecule has 7 nitrogen and oxygen atoms in total. The Hall–Kier alpha value is -2.41. The molecule has 0 heterocycles. The maximum atomic E-state index is 13.1. The zero-order valence-corrected chi connectivity index (χ0v) is 19.9. The maximum absolute atomic E-state index is 13.1. The van der Waals surface area contributed by atoms with Crippen LogP contribution in [0.15, 0.2) is 24.3 Å². The van der Waals surface area contributed by atoms with E-state index < -0.39 is 11.9 Å². The minimum absolute atomic E-state index is 0.0225. The van der Waals surface area contributed by atoms with Crippen molar-refractivity contribution in [1.29, 1.82) is 0 Å². The summed E-state index contributed by atoms with van der Waals surface area (Å²) in [7, 11) is 0. The smallest absolute Gasteiger partial charge is 0.312 e. The van der Waals surface area contributed by atoms with Crippen molar-refractivity contribution in [2.24, 2.45) is 17.6 Å². The predicted octanol–water partition coefficient (Wildman–Crippen LogP) is 3.62. The van der Waals surface area contributed by atoms with Crippen LogP contribution in [0.3, 0.4) is 0 Å². The topological polar surface area (TPSA) is 113 Å². The van der Waals surface area contributed by atoms with Gasteiger partial charge >= 0.3 is 6.03 Å². The molecule has 7 heteroatoms. The standard InChI is InChI=1S/C24H40N4O3/c1-7-17-10-12-19(13-11-17)27-22(30)18(9-8-14-26-23(25)31)15-20(29)21(16(2)3)28-24(4,5)6/h10-13,16,18,21,28H,7-9,14-15H2,1-6H3,(H,27,30)(H3,25,26,31)/t18-,21+/m1/s1. The summed E-state index contributed by atoms with van der Waals surface area (Å²) < 4.78 is 0. The molecule has 0 aliphatic carbocycles. The van der Waals surface area contributed by atoms with E-state index in [1.54, 1.807) is 0 Å². The molecule has 0 unspecified atom stereocenters. The molecule has 1 aromatic rings. The zero-order valence-electron chi connectivity index (χ0n) is 19.9. The highest BCUT2D eigenvalue weighted by Crippen LogP contribution is 2.20. The highest BCUT2D eigenvalue weighted by Gasteiger charge is 2.30. The first-order chi connectivity index (χ1) is 14.4. The third kappa shape index (κ3) is 10.4. The van der Waals surface area contributed by atoms with Crippen LogP contribution in [0, 0.1) is 11.8 Å². The minimum Gasteiger partial charge on any atom is -0.352 e. The lowest BCUT2D eigenvalue weighted by atomic mass is 9.88. The van der Waals surface area contributed by atoms with Crippen molar-refractivity contribution in [1.82, 2.24) is 10.6 Å². The second kappa shape index (κ2) is 12.4. The monoisotopic (exact) mass is 432 g/mol. The molecule has 1 rings (SSSR count). The van der Waals surface area contributed by atoms with Crippen LogP contribution < -0.4 is 21.7 Å². The zero-order chi connectivity index (χ0) is 23.6. The summed E-state index contributed by atoms with van der Waals surface area (Å²) in [6.07, 6.45) is 2.10. The average molecular weight is 433 g/mol. The molecule has 0 aliphatic rings. The van der Waals surface area contributed by atoms with Gasteiger partial charge in [0, 0.05) is 30.1 Å². The van der Waals surface area contributed by atoms with E-state index >= 15 is 0 Å². The molecule has 5 N–H and O–H groups in total. The van der Waals surface area contributed by atoms with E-state index in [1.807, 2.05) is 58.9 Å². The molecule has 0 bridgehead atoms. The van der Waals surface area contributed by atoms with E-state index in [2.05, 4.69) is 22.9 Å². The quantitative estimate of drug-likeness (QED) is 0.378. The van der Waals surface area contributed by atoms with Gasteiger partial charge in [0.15, 0.2) is 5.78 Å². The molecule has 0 radical (unpaired) electrons. The van der Waals surface area contributed by atoms with Gasteiger partial charge in [-0.25, -0.2) is 4.79 Å². The number of carbonyl (C=O) groups excluding carboxylic acids is 3. The number of hydrogen-bond donors (Lipinski definition) is 4. The third-order valence-electron chi connectivity index (χ3n) is 5.08. The number of rotatable bonds is 12. The molecule has 1 aromatic carbocycles. The Morgan fingerprint density at radius 3 is 2.16 bits per heavy atom. The van der Waals surface area contributed by atoms with Crippen molar-refractivity contribution < 1.29 is 14.4 Å². The highest BCUT2D eigenvalue weighted by atomic mass is 16.2. The van der Waals surface area contributed by atoms with E-state index in [0.29, 0.717) is 25.1 Å². The lowest BCUT2D eigenvalue weighted by molar-refractivity contribution is -0.128. The third-order valence-corrected chi connectivity index (χ3v) is 5.08. The minimum atomic E-state index is -0.595. The van der Waals surface area contributed by atoms with E-state index in [-0.39, 0.29) is 35.6 Å². The van der Waals surface area contributed by atoms with Gasteiger partial charge in [0.1, 0.15) is 0 Å². The van der Waals surface area contributed by atoms with Gasteiger partial charge < -0.3 is 21.7 Å². The molecular weight excluding hydrogens is 392 g/mol. The first kappa shape index (κ1) is 26.6. The van der Waals surface area contributed by atoms with Gasteiger partial charge in [0.25, 0.3) is 0 Å².